The monoisotopic (exact) mass is 354 g/mol. The van der Waals surface area contributed by atoms with Crippen molar-refractivity contribution in [1.82, 2.24) is 0 Å². The molecule has 0 heterocycles. The number of hydrogen-bond donors (Lipinski definition) is 0. The molecule has 0 aromatic heterocycles. The van der Waals surface area contributed by atoms with Crippen LogP contribution < -0.4 is 0 Å². The molecule has 0 N–H and O–H groups in total. The minimum atomic E-state index is -3.66. The highest BCUT2D eigenvalue weighted by Crippen LogP contribution is 2.24. The lowest BCUT2D eigenvalue weighted by Crippen LogP contribution is -2.40. The SMILES string of the molecule is CCC(=O)[C@H](CS(=O)(=O)c1ccc(C)cc1)[C@H](OC(C)=O)C(C)C. The van der Waals surface area contributed by atoms with Crippen LogP contribution in [0, 0.1) is 18.8 Å². The summed E-state index contributed by atoms with van der Waals surface area (Å²) in [5, 5.41) is 0. The maximum Gasteiger partial charge on any atom is 0.302 e. The van der Waals surface area contributed by atoms with Gasteiger partial charge in [0.05, 0.1) is 16.6 Å². The molecule has 0 fully saturated rings. The van der Waals surface area contributed by atoms with Crippen LogP contribution in [0.5, 0.6) is 0 Å². The molecule has 24 heavy (non-hydrogen) atoms. The van der Waals surface area contributed by atoms with Gasteiger partial charge in [-0.15, -0.1) is 0 Å². The van der Waals surface area contributed by atoms with Crippen LogP contribution in [-0.2, 0) is 24.2 Å². The largest absolute Gasteiger partial charge is 0.461 e. The van der Waals surface area contributed by atoms with Crippen molar-refractivity contribution < 1.29 is 22.7 Å². The highest BCUT2D eigenvalue weighted by molar-refractivity contribution is 7.91. The van der Waals surface area contributed by atoms with Crippen LogP contribution in [0.3, 0.4) is 0 Å². The zero-order valence-corrected chi connectivity index (χ0v) is 15.7. The highest BCUT2D eigenvalue weighted by atomic mass is 32.2. The summed E-state index contributed by atoms with van der Waals surface area (Å²) in [5.41, 5.74) is 0.954. The number of Topliss-reactive ketones (excluding diaryl/α,β-unsaturated/α-hetero) is 1. The quantitative estimate of drug-likeness (QED) is 0.671. The van der Waals surface area contributed by atoms with E-state index in [4.69, 9.17) is 4.74 Å². The minimum absolute atomic E-state index is 0.164. The third-order valence-corrected chi connectivity index (χ3v) is 5.69. The van der Waals surface area contributed by atoms with Crippen molar-refractivity contribution in [2.75, 3.05) is 5.75 Å². The Balaban J connectivity index is 3.18. The Labute approximate surface area is 144 Å². The first-order valence-electron chi connectivity index (χ1n) is 8.07. The smallest absolute Gasteiger partial charge is 0.302 e. The fourth-order valence-electron chi connectivity index (χ4n) is 2.59. The van der Waals surface area contributed by atoms with E-state index in [0.29, 0.717) is 0 Å². The fraction of sp³-hybridized carbons (Fsp3) is 0.556. The molecular formula is C18H26O5S. The Kier molecular flexibility index (Phi) is 7.14. The molecule has 2 atom stereocenters. The average molecular weight is 354 g/mol. The molecule has 0 aliphatic heterocycles. The van der Waals surface area contributed by atoms with E-state index in [9.17, 15) is 18.0 Å². The number of esters is 1. The number of carbonyl (C=O) groups excluding carboxylic acids is 2. The topological polar surface area (TPSA) is 77.5 Å². The number of hydrogen-bond acceptors (Lipinski definition) is 5. The van der Waals surface area contributed by atoms with E-state index in [1.807, 2.05) is 20.8 Å². The summed E-state index contributed by atoms with van der Waals surface area (Å²) < 4.78 is 30.7. The second kappa shape index (κ2) is 8.42. The van der Waals surface area contributed by atoms with Crippen LogP contribution in [0.25, 0.3) is 0 Å². The zero-order valence-electron chi connectivity index (χ0n) is 14.9. The minimum Gasteiger partial charge on any atom is -0.461 e. The molecule has 0 bridgehead atoms. The van der Waals surface area contributed by atoms with E-state index in [-0.39, 0.29) is 28.8 Å². The van der Waals surface area contributed by atoms with Gasteiger partial charge in [0.1, 0.15) is 11.9 Å². The van der Waals surface area contributed by atoms with Crippen LogP contribution in [0.2, 0.25) is 0 Å². The Morgan fingerprint density at radius 2 is 1.67 bits per heavy atom. The summed E-state index contributed by atoms with van der Waals surface area (Å²) in [7, 11) is -3.66. The predicted octanol–water partition coefficient (Wildman–Crippen LogP) is 2.95. The van der Waals surface area contributed by atoms with Crippen molar-refractivity contribution in [1.29, 1.82) is 0 Å². The summed E-state index contributed by atoms with van der Waals surface area (Å²) in [6.07, 6.45) is -0.561. The van der Waals surface area contributed by atoms with Crippen molar-refractivity contribution in [3.05, 3.63) is 29.8 Å². The van der Waals surface area contributed by atoms with Gasteiger partial charge in [-0.3, -0.25) is 9.59 Å². The molecule has 134 valence electrons. The highest BCUT2D eigenvalue weighted by Gasteiger charge is 2.36. The van der Waals surface area contributed by atoms with Gasteiger partial charge in [-0.05, 0) is 25.0 Å². The van der Waals surface area contributed by atoms with Gasteiger partial charge in [-0.25, -0.2) is 8.42 Å². The molecule has 1 aromatic rings. The molecule has 0 saturated heterocycles. The van der Waals surface area contributed by atoms with E-state index in [1.165, 1.54) is 19.1 Å². The van der Waals surface area contributed by atoms with Crippen molar-refractivity contribution in [2.45, 2.75) is 52.0 Å². The Bertz CT molecular complexity index is 674. The van der Waals surface area contributed by atoms with Gasteiger partial charge in [0.25, 0.3) is 0 Å². The molecule has 0 aliphatic rings. The molecule has 0 aliphatic carbocycles. The van der Waals surface area contributed by atoms with E-state index in [2.05, 4.69) is 0 Å². The third kappa shape index (κ3) is 5.44. The second-order valence-electron chi connectivity index (χ2n) is 6.34. The summed E-state index contributed by atoms with van der Waals surface area (Å²) >= 11 is 0. The normalized spacial score (nSPS) is 14.2. The van der Waals surface area contributed by atoms with E-state index < -0.39 is 27.8 Å². The molecule has 6 heteroatoms. The first kappa shape index (κ1) is 20.4. The van der Waals surface area contributed by atoms with Gasteiger partial charge >= 0.3 is 5.97 Å². The van der Waals surface area contributed by atoms with Crippen LogP contribution in [0.15, 0.2) is 29.2 Å². The molecule has 1 rings (SSSR count). The summed E-state index contributed by atoms with van der Waals surface area (Å²) in [6.45, 7) is 8.43. The van der Waals surface area contributed by atoms with Gasteiger partial charge < -0.3 is 4.74 Å². The third-order valence-electron chi connectivity index (χ3n) is 3.90. The van der Waals surface area contributed by atoms with Gasteiger partial charge in [-0.2, -0.15) is 0 Å². The van der Waals surface area contributed by atoms with Crippen molar-refractivity contribution in [2.24, 2.45) is 11.8 Å². The number of sulfone groups is 1. The van der Waals surface area contributed by atoms with Crippen LogP contribution >= 0.6 is 0 Å². The molecule has 0 radical (unpaired) electrons. The number of rotatable bonds is 8. The van der Waals surface area contributed by atoms with E-state index in [0.717, 1.165) is 5.56 Å². The lowest BCUT2D eigenvalue weighted by Gasteiger charge is -2.28. The summed E-state index contributed by atoms with van der Waals surface area (Å²) in [6, 6.07) is 6.51. The first-order valence-corrected chi connectivity index (χ1v) is 9.73. The standard InChI is InChI=1S/C18H26O5S/c1-6-17(20)16(18(12(2)3)23-14(5)19)11-24(21,22)15-9-7-13(4)8-10-15/h7-10,12,16,18H,6,11H2,1-5H3/t16-,18+/m0/s1. The Morgan fingerprint density at radius 1 is 1.12 bits per heavy atom. The van der Waals surface area contributed by atoms with Crippen molar-refractivity contribution in [3.63, 3.8) is 0 Å². The zero-order chi connectivity index (χ0) is 18.5. The molecule has 5 nitrogen and oxygen atoms in total. The number of carbonyl (C=O) groups is 2. The molecule has 0 unspecified atom stereocenters. The molecule has 0 saturated carbocycles. The van der Waals surface area contributed by atoms with Crippen LogP contribution in [-0.4, -0.2) is 32.0 Å². The molecule has 0 spiro atoms. The van der Waals surface area contributed by atoms with E-state index >= 15 is 0 Å². The fourth-order valence-corrected chi connectivity index (χ4v) is 4.18. The Morgan fingerprint density at radius 3 is 2.08 bits per heavy atom. The van der Waals surface area contributed by atoms with Crippen LogP contribution in [0.1, 0.15) is 39.7 Å². The average Bonchev–Trinajstić information content (AvgIpc) is 2.50. The number of ether oxygens (including phenoxy) is 1. The van der Waals surface area contributed by atoms with Crippen molar-refractivity contribution >= 4 is 21.6 Å². The maximum atomic E-state index is 12.7. The Hall–Kier alpha value is -1.69. The summed E-state index contributed by atoms with van der Waals surface area (Å²) in [4.78, 5) is 23.9. The summed E-state index contributed by atoms with van der Waals surface area (Å²) in [5.74, 6) is -2.13. The lowest BCUT2D eigenvalue weighted by molar-refractivity contribution is -0.153. The number of aryl methyl sites for hydroxylation is 1. The molecular weight excluding hydrogens is 328 g/mol. The van der Waals surface area contributed by atoms with Gasteiger partial charge in [0, 0.05) is 13.3 Å². The number of ketones is 1. The molecule has 0 amide bonds. The van der Waals surface area contributed by atoms with Crippen LogP contribution in [0.4, 0.5) is 0 Å². The van der Waals surface area contributed by atoms with E-state index in [1.54, 1.807) is 19.1 Å². The van der Waals surface area contributed by atoms with Gasteiger partial charge in [-0.1, -0.05) is 38.5 Å². The predicted molar refractivity (Wildman–Crippen MR) is 92.4 cm³/mol. The molecule has 1 aromatic carbocycles. The second-order valence-corrected chi connectivity index (χ2v) is 8.37. The van der Waals surface area contributed by atoms with Gasteiger partial charge in [0.2, 0.25) is 0 Å². The van der Waals surface area contributed by atoms with Gasteiger partial charge in [0.15, 0.2) is 9.84 Å². The first-order chi connectivity index (χ1) is 11.1. The maximum absolute atomic E-state index is 12.7. The van der Waals surface area contributed by atoms with Crippen molar-refractivity contribution in [3.8, 4) is 0 Å². The lowest BCUT2D eigenvalue weighted by atomic mass is 9.90. The number of benzene rings is 1.